The van der Waals surface area contributed by atoms with Crippen molar-refractivity contribution in [3.8, 4) is 0 Å². The van der Waals surface area contributed by atoms with Gasteiger partial charge < -0.3 is 5.32 Å². The van der Waals surface area contributed by atoms with Crippen molar-refractivity contribution in [3.05, 3.63) is 89.5 Å². The first-order valence-corrected chi connectivity index (χ1v) is 12.4. The molecule has 0 unspecified atom stereocenters. The van der Waals surface area contributed by atoms with Crippen molar-refractivity contribution in [3.63, 3.8) is 0 Å². The monoisotopic (exact) mass is 492 g/mol. The molecule has 0 fully saturated rings. The lowest BCUT2D eigenvalue weighted by molar-refractivity contribution is -0.119. The second-order valence-corrected chi connectivity index (χ2v) is 9.97. The zero-order chi connectivity index (χ0) is 25.6. The van der Waals surface area contributed by atoms with Gasteiger partial charge in [-0.2, -0.15) is 5.10 Å². The molecule has 3 aromatic carbocycles. The zero-order valence-corrected chi connectivity index (χ0v) is 20.9. The molecule has 3 aromatic rings. The smallest absolute Gasteiger partial charge is 0.264 e. The lowest BCUT2D eigenvalue weighted by Crippen LogP contribution is -2.40. The molecule has 0 radical (unpaired) electrons. The van der Waals surface area contributed by atoms with E-state index in [9.17, 15) is 18.0 Å². The van der Waals surface area contributed by atoms with E-state index >= 15 is 0 Å². The van der Waals surface area contributed by atoms with E-state index in [4.69, 9.17) is 0 Å². The molecule has 0 aliphatic rings. The Morgan fingerprint density at radius 3 is 2.29 bits per heavy atom. The van der Waals surface area contributed by atoms with Crippen molar-refractivity contribution in [2.45, 2.75) is 32.6 Å². The molecule has 9 heteroatoms. The van der Waals surface area contributed by atoms with Crippen LogP contribution in [-0.4, -0.2) is 32.5 Å². The third-order valence-corrected chi connectivity index (χ3v) is 6.96. The summed E-state index contributed by atoms with van der Waals surface area (Å²) in [6.07, 6.45) is 0. The van der Waals surface area contributed by atoms with Gasteiger partial charge in [0.1, 0.15) is 6.54 Å². The number of rotatable bonds is 8. The van der Waals surface area contributed by atoms with E-state index < -0.39 is 22.5 Å². The number of carbonyl (C=O) groups is 2. The van der Waals surface area contributed by atoms with Crippen molar-refractivity contribution in [1.82, 2.24) is 5.43 Å². The van der Waals surface area contributed by atoms with Gasteiger partial charge in [0.2, 0.25) is 5.91 Å². The molecular weight excluding hydrogens is 464 g/mol. The molecule has 0 spiro atoms. The van der Waals surface area contributed by atoms with Crippen LogP contribution in [0.1, 0.15) is 30.5 Å². The van der Waals surface area contributed by atoms with E-state index in [-0.39, 0.29) is 10.8 Å². The summed E-state index contributed by atoms with van der Waals surface area (Å²) in [6.45, 7) is 6.38. The number of amides is 2. The van der Waals surface area contributed by atoms with Gasteiger partial charge in [-0.15, -0.1) is 0 Å². The van der Waals surface area contributed by atoms with Crippen LogP contribution in [0.25, 0.3) is 0 Å². The first-order chi connectivity index (χ1) is 16.6. The second-order valence-electron chi connectivity index (χ2n) is 8.11. The highest BCUT2D eigenvalue weighted by Crippen LogP contribution is 2.27. The quantitative estimate of drug-likeness (QED) is 0.366. The van der Waals surface area contributed by atoms with Gasteiger partial charge in [-0.25, -0.2) is 13.8 Å². The molecule has 3 rings (SSSR count). The Hall–Kier alpha value is -3.98. The van der Waals surface area contributed by atoms with E-state index in [1.807, 2.05) is 13.0 Å². The minimum Gasteiger partial charge on any atom is -0.326 e. The molecule has 2 N–H and O–H groups in total. The Labute approximate surface area is 205 Å². The Balaban J connectivity index is 1.86. The van der Waals surface area contributed by atoms with Gasteiger partial charge >= 0.3 is 0 Å². The highest BCUT2D eigenvalue weighted by Gasteiger charge is 2.28. The van der Waals surface area contributed by atoms with E-state index in [0.717, 1.165) is 15.4 Å². The second kappa shape index (κ2) is 11.0. The van der Waals surface area contributed by atoms with Gasteiger partial charge in [0.15, 0.2) is 0 Å². The minimum atomic E-state index is -4.01. The molecule has 0 saturated carbocycles. The largest absolute Gasteiger partial charge is 0.326 e. The molecule has 0 aliphatic carbocycles. The van der Waals surface area contributed by atoms with Crippen LogP contribution in [-0.2, 0) is 19.6 Å². The molecule has 0 aromatic heterocycles. The van der Waals surface area contributed by atoms with Crippen molar-refractivity contribution in [2.75, 3.05) is 16.2 Å². The maximum Gasteiger partial charge on any atom is 0.264 e. The summed E-state index contributed by atoms with van der Waals surface area (Å²) < 4.78 is 28.0. The molecule has 0 aliphatic heterocycles. The van der Waals surface area contributed by atoms with Gasteiger partial charge in [0.05, 0.1) is 16.3 Å². The summed E-state index contributed by atoms with van der Waals surface area (Å²) in [6, 6.07) is 20.4. The normalized spacial score (nSPS) is 11.6. The number of sulfonamides is 1. The number of carbonyl (C=O) groups excluding carboxylic acids is 2. The predicted molar refractivity (Wildman–Crippen MR) is 138 cm³/mol. The summed E-state index contributed by atoms with van der Waals surface area (Å²) >= 11 is 0. The highest BCUT2D eigenvalue weighted by molar-refractivity contribution is 7.92. The molecule has 8 nitrogen and oxygen atoms in total. The Kier molecular flexibility index (Phi) is 8.03. The van der Waals surface area contributed by atoms with Gasteiger partial charge in [-0.1, -0.05) is 48.0 Å². The summed E-state index contributed by atoms with van der Waals surface area (Å²) in [5.74, 6) is -0.794. The molecule has 0 atom stereocenters. The maximum atomic E-state index is 13.5. The lowest BCUT2D eigenvalue weighted by atomic mass is 10.1. The summed E-state index contributed by atoms with van der Waals surface area (Å²) in [5.41, 5.74) is 6.37. The minimum absolute atomic E-state index is 0.0854. The number of nitrogens with one attached hydrogen (secondary N) is 2. The molecule has 0 heterocycles. The molecule has 0 bridgehead atoms. The third kappa shape index (κ3) is 6.54. The molecule has 2 amide bonds. The number of benzene rings is 3. The average molecular weight is 493 g/mol. The zero-order valence-electron chi connectivity index (χ0n) is 20.1. The van der Waals surface area contributed by atoms with Crippen molar-refractivity contribution >= 4 is 38.9 Å². The maximum absolute atomic E-state index is 13.5. The first-order valence-electron chi connectivity index (χ1n) is 10.9. The van der Waals surface area contributed by atoms with Crippen molar-refractivity contribution in [1.29, 1.82) is 0 Å². The topological polar surface area (TPSA) is 108 Å². The fraction of sp³-hybridized carbons (Fsp3) is 0.192. The number of anilines is 2. The fourth-order valence-corrected chi connectivity index (χ4v) is 5.01. The number of hydrazone groups is 1. The molecule has 35 heavy (non-hydrogen) atoms. The number of hydrogen-bond donors (Lipinski definition) is 2. The van der Waals surface area contributed by atoms with Gasteiger partial charge in [0.25, 0.3) is 15.9 Å². The van der Waals surface area contributed by atoms with E-state index in [2.05, 4.69) is 15.8 Å². The summed E-state index contributed by atoms with van der Waals surface area (Å²) in [7, 11) is -4.01. The Morgan fingerprint density at radius 2 is 1.63 bits per heavy atom. The average Bonchev–Trinajstić information content (AvgIpc) is 2.81. The fourth-order valence-electron chi connectivity index (χ4n) is 3.51. The Morgan fingerprint density at radius 1 is 0.914 bits per heavy atom. The molecule has 0 saturated heterocycles. The van der Waals surface area contributed by atoms with Crippen LogP contribution in [0.5, 0.6) is 0 Å². The molecule has 182 valence electrons. The van der Waals surface area contributed by atoms with Crippen LogP contribution >= 0.6 is 0 Å². The van der Waals surface area contributed by atoms with Crippen LogP contribution in [0.15, 0.2) is 82.8 Å². The van der Waals surface area contributed by atoms with Gasteiger partial charge in [0, 0.05) is 12.6 Å². The SMILES string of the molecule is CC(=O)Nc1cccc(/C(C)=N\NC(=O)CN(c2ccc(C)cc2C)S(=O)(=O)c2ccccc2)c1. The van der Waals surface area contributed by atoms with Crippen LogP contribution in [0.4, 0.5) is 11.4 Å². The standard InChI is InChI=1S/C26H28N4O4S/c1-18-13-14-25(19(2)15-18)30(35(33,34)24-11-6-5-7-12-24)17-26(32)29-28-20(3)22-9-8-10-23(16-22)27-21(4)31/h5-16H,17H2,1-4H3,(H,27,31)(H,29,32)/b28-20-. The molecular formula is C26H28N4O4S. The Bertz CT molecular complexity index is 1370. The highest BCUT2D eigenvalue weighted by atomic mass is 32.2. The van der Waals surface area contributed by atoms with E-state index in [0.29, 0.717) is 22.6 Å². The van der Waals surface area contributed by atoms with E-state index in [1.165, 1.54) is 19.1 Å². The summed E-state index contributed by atoms with van der Waals surface area (Å²) in [4.78, 5) is 24.2. The van der Waals surface area contributed by atoms with Crippen molar-refractivity contribution in [2.24, 2.45) is 5.10 Å². The lowest BCUT2D eigenvalue weighted by Gasteiger charge is -2.25. The number of aryl methyl sites for hydroxylation is 2. The van der Waals surface area contributed by atoms with Gasteiger partial charge in [-0.05, 0) is 62.2 Å². The van der Waals surface area contributed by atoms with Crippen LogP contribution in [0, 0.1) is 13.8 Å². The van der Waals surface area contributed by atoms with Crippen LogP contribution in [0.3, 0.4) is 0 Å². The number of nitrogens with zero attached hydrogens (tertiary/aromatic N) is 2. The van der Waals surface area contributed by atoms with E-state index in [1.54, 1.807) is 68.4 Å². The summed E-state index contributed by atoms with van der Waals surface area (Å²) in [5, 5.41) is 6.83. The van der Waals surface area contributed by atoms with Gasteiger partial charge in [-0.3, -0.25) is 13.9 Å². The van der Waals surface area contributed by atoms with Crippen molar-refractivity contribution < 1.29 is 18.0 Å². The third-order valence-electron chi connectivity index (χ3n) is 5.19. The van der Waals surface area contributed by atoms with Crippen LogP contribution < -0.4 is 15.0 Å². The van der Waals surface area contributed by atoms with Crippen LogP contribution in [0.2, 0.25) is 0 Å². The first kappa shape index (κ1) is 25.6. The number of hydrogen-bond acceptors (Lipinski definition) is 5. The predicted octanol–water partition coefficient (Wildman–Crippen LogP) is 4.00.